The summed E-state index contributed by atoms with van der Waals surface area (Å²) in [7, 11) is 3.23. The average molecular weight is 345 g/mol. The molecule has 106 valence electrons. The third kappa shape index (κ3) is 2.25. The highest BCUT2D eigenvalue weighted by Gasteiger charge is 2.29. The monoisotopic (exact) mass is 344 g/mol. The first-order valence-corrected chi connectivity index (χ1v) is 7.22. The van der Waals surface area contributed by atoms with Gasteiger partial charge in [0, 0.05) is 21.2 Å². The van der Waals surface area contributed by atoms with Gasteiger partial charge in [0.15, 0.2) is 5.78 Å². The van der Waals surface area contributed by atoms with Gasteiger partial charge in [-0.3, -0.25) is 4.79 Å². The second-order valence-electron chi connectivity index (χ2n) is 4.66. The SMILES string of the molecule is COc1ccc(C2=C(Br)c3cc(OC)ccc3C2=O)cc1. The van der Waals surface area contributed by atoms with Crippen LogP contribution in [-0.2, 0) is 0 Å². The van der Waals surface area contributed by atoms with E-state index in [1.807, 2.05) is 30.3 Å². The molecule has 0 atom stereocenters. The van der Waals surface area contributed by atoms with Gasteiger partial charge < -0.3 is 9.47 Å². The lowest BCUT2D eigenvalue weighted by molar-refractivity contribution is 0.105. The van der Waals surface area contributed by atoms with Gasteiger partial charge in [0.2, 0.25) is 0 Å². The molecule has 3 nitrogen and oxygen atoms in total. The normalized spacial score (nSPS) is 13.4. The third-order valence-electron chi connectivity index (χ3n) is 3.53. The zero-order valence-electron chi connectivity index (χ0n) is 11.6. The van der Waals surface area contributed by atoms with Crippen molar-refractivity contribution in [2.75, 3.05) is 14.2 Å². The largest absolute Gasteiger partial charge is 0.497 e. The first-order valence-electron chi connectivity index (χ1n) is 6.43. The lowest BCUT2D eigenvalue weighted by Crippen LogP contribution is -1.98. The molecule has 0 spiro atoms. The second kappa shape index (κ2) is 5.37. The summed E-state index contributed by atoms with van der Waals surface area (Å²) in [5, 5.41) is 0. The van der Waals surface area contributed by atoms with Gasteiger partial charge in [0.05, 0.1) is 14.2 Å². The smallest absolute Gasteiger partial charge is 0.195 e. The Bertz CT molecular complexity index is 745. The molecule has 0 aromatic heterocycles. The number of carbonyl (C=O) groups is 1. The topological polar surface area (TPSA) is 35.5 Å². The Hall–Kier alpha value is -2.07. The molecule has 0 heterocycles. The molecule has 0 aliphatic heterocycles. The van der Waals surface area contributed by atoms with E-state index in [1.165, 1.54) is 0 Å². The minimum Gasteiger partial charge on any atom is -0.497 e. The van der Waals surface area contributed by atoms with Crippen LogP contribution in [0.5, 0.6) is 11.5 Å². The van der Waals surface area contributed by atoms with Crippen LogP contribution in [0.2, 0.25) is 0 Å². The summed E-state index contributed by atoms with van der Waals surface area (Å²) in [5.41, 5.74) is 3.09. The van der Waals surface area contributed by atoms with Crippen LogP contribution >= 0.6 is 15.9 Å². The zero-order valence-corrected chi connectivity index (χ0v) is 13.2. The van der Waals surface area contributed by atoms with Crippen molar-refractivity contribution in [1.82, 2.24) is 0 Å². The Labute approximate surface area is 131 Å². The Kier molecular flexibility index (Phi) is 3.55. The van der Waals surface area contributed by atoms with Gasteiger partial charge in [-0.05, 0) is 51.8 Å². The molecule has 2 aromatic rings. The minimum atomic E-state index is 0.0182. The van der Waals surface area contributed by atoms with Gasteiger partial charge in [-0.25, -0.2) is 0 Å². The molecule has 1 aliphatic rings. The number of hydrogen-bond donors (Lipinski definition) is 0. The van der Waals surface area contributed by atoms with E-state index in [4.69, 9.17) is 9.47 Å². The molecule has 4 heteroatoms. The second-order valence-corrected chi connectivity index (χ2v) is 5.45. The Morgan fingerprint density at radius 2 is 1.48 bits per heavy atom. The van der Waals surface area contributed by atoms with Crippen molar-refractivity contribution >= 4 is 31.8 Å². The maximum Gasteiger partial charge on any atom is 0.195 e. The number of methoxy groups -OCH3 is 2. The van der Waals surface area contributed by atoms with Crippen molar-refractivity contribution in [1.29, 1.82) is 0 Å². The highest BCUT2D eigenvalue weighted by Crippen LogP contribution is 2.43. The molecule has 0 amide bonds. The summed E-state index contributed by atoms with van der Waals surface area (Å²) >= 11 is 3.55. The van der Waals surface area contributed by atoms with Crippen molar-refractivity contribution in [3.05, 3.63) is 59.2 Å². The summed E-state index contributed by atoms with van der Waals surface area (Å²) < 4.78 is 11.2. The number of allylic oxidation sites excluding steroid dienone is 1. The maximum absolute atomic E-state index is 12.6. The standard InChI is InChI=1S/C17H13BrO3/c1-20-11-5-3-10(4-6-11)15-16(18)14-9-12(21-2)7-8-13(14)17(15)19/h3-9H,1-2H3. The van der Waals surface area contributed by atoms with Crippen molar-refractivity contribution in [3.8, 4) is 11.5 Å². The summed E-state index contributed by atoms with van der Waals surface area (Å²) in [6, 6.07) is 12.9. The molecule has 3 rings (SSSR count). The Morgan fingerprint density at radius 3 is 2.10 bits per heavy atom. The van der Waals surface area contributed by atoms with E-state index in [1.54, 1.807) is 26.4 Å². The van der Waals surface area contributed by atoms with Crippen LogP contribution < -0.4 is 9.47 Å². The van der Waals surface area contributed by atoms with Crippen LogP contribution in [0, 0.1) is 0 Å². The molecular weight excluding hydrogens is 332 g/mol. The molecule has 0 radical (unpaired) electrons. The highest BCUT2D eigenvalue weighted by atomic mass is 79.9. The lowest BCUT2D eigenvalue weighted by atomic mass is 10.0. The fraction of sp³-hybridized carbons (Fsp3) is 0.118. The van der Waals surface area contributed by atoms with Crippen LogP contribution in [0.3, 0.4) is 0 Å². The molecule has 1 aliphatic carbocycles. The van der Waals surface area contributed by atoms with Gasteiger partial charge in [-0.15, -0.1) is 0 Å². The van der Waals surface area contributed by atoms with E-state index in [2.05, 4.69) is 15.9 Å². The van der Waals surface area contributed by atoms with E-state index < -0.39 is 0 Å². The van der Waals surface area contributed by atoms with E-state index in [0.29, 0.717) is 11.1 Å². The summed E-state index contributed by atoms with van der Waals surface area (Å²) in [6.07, 6.45) is 0. The van der Waals surface area contributed by atoms with Crippen molar-refractivity contribution in [3.63, 3.8) is 0 Å². The van der Waals surface area contributed by atoms with Crippen LogP contribution in [0.25, 0.3) is 10.1 Å². The van der Waals surface area contributed by atoms with Crippen LogP contribution in [0.15, 0.2) is 42.5 Å². The quantitative estimate of drug-likeness (QED) is 0.838. The number of rotatable bonds is 3. The molecule has 0 saturated heterocycles. The fourth-order valence-electron chi connectivity index (χ4n) is 2.41. The lowest BCUT2D eigenvalue weighted by Gasteiger charge is -2.04. The van der Waals surface area contributed by atoms with Gasteiger partial charge in [0.25, 0.3) is 0 Å². The van der Waals surface area contributed by atoms with E-state index in [0.717, 1.165) is 27.1 Å². The molecule has 0 saturated carbocycles. The van der Waals surface area contributed by atoms with Gasteiger partial charge in [0.1, 0.15) is 11.5 Å². The summed E-state index contributed by atoms with van der Waals surface area (Å²) in [4.78, 5) is 12.6. The first-order chi connectivity index (χ1) is 10.2. The molecular formula is C17H13BrO3. The van der Waals surface area contributed by atoms with Gasteiger partial charge in [-0.1, -0.05) is 12.1 Å². The number of ketones is 1. The van der Waals surface area contributed by atoms with Crippen LogP contribution in [0.1, 0.15) is 21.5 Å². The van der Waals surface area contributed by atoms with Gasteiger partial charge in [-0.2, -0.15) is 0 Å². The third-order valence-corrected chi connectivity index (χ3v) is 4.36. The van der Waals surface area contributed by atoms with Crippen molar-refractivity contribution < 1.29 is 14.3 Å². The predicted octanol–water partition coefficient (Wildman–Crippen LogP) is 4.16. The molecule has 2 aromatic carbocycles. The molecule has 0 unspecified atom stereocenters. The fourth-order valence-corrected chi connectivity index (χ4v) is 3.15. The first kappa shape index (κ1) is 13.9. The number of halogens is 1. The van der Waals surface area contributed by atoms with Crippen LogP contribution in [-0.4, -0.2) is 20.0 Å². The molecule has 21 heavy (non-hydrogen) atoms. The van der Waals surface area contributed by atoms with Gasteiger partial charge >= 0.3 is 0 Å². The molecule has 0 N–H and O–H groups in total. The highest BCUT2D eigenvalue weighted by molar-refractivity contribution is 9.15. The number of Topliss-reactive ketones (excluding diaryl/α,β-unsaturated/α-hetero) is 1. The van der Waals surface area contributed by atoms with Crippen molar-refractivity contribution in [2.24, 2.45) is 0 Å². The average Bonchev–Trinajstić information content (AvgIpc) is 2.78. The van der Waals surface area contributed by atoms with E-state index in [9.17, 15) is 4.79 Å². The number of hydrogen-bond acceptors (Lipinski definition) is 3. The number of benzene rings is 2. The minimum absolute atomic E-state index is 0.0182. The number of carbonyl (C=O) groups excluding carboxylic acids is 1. The van der Waals surface area contributed by atoms with Crippen LogP contribution in [0.4, 0.5) is 0 Å². The van der Waals surface area contributed by atoms with E-state index in [-0.39, 0.29) is 5.78 Å². The predicted molar refractivity (Wildman–Crippen MR) is 86.1 cm³/mol. The molecule has 0 fully saturated rings. The number of fused-ring (bicyclic) bond motifs is 1. The maximum atomic E-state index is 12.6. The number of ether oxygens (including phenoxy) is 2. The summed E-state index contributed by atoms with van der Waals surface area (Å²) in [5.74, 6) is 1.51. The molecule has 0 bridgehead atoms. The Balaban J connectivity index is 2.10. The van der Waals surface area contributed by atoms with E-state index >= 15 is 0 Å². The van der Waals surface area contributed by atoms with Crippen molar-refractivity contribution in [2.45, 2.75) is 0 Å². The zero-order chi connectivity index (χ0) is 15.0. The Morgan fingerprint density at radius 1 is 0.857 bits per heavy atom. The summed E-state index contributed by atoms with van der Waals surface area (Å²) in [6.45, 7) is 0.